The van der Waals surface area contributed by atoms with Crippen LogP contribution in [-0.4, -0.2) is 74.1 Å². The average Bonchev–Trinajstić information content (AvgIpc) is 3.14. The predicted octanol–water partition coefficient (Wildman–Crippen LogP) is 4.09. The van der Waals surface area contributed by atoms with Crippen molar-refractivity contribution in [1.29, 1.82) is 0 Å². The summed E-state index contributed by atoms with van der Waals surface area (Å²) in [6.07, 6.45) is 0. The van der Waals surface area contributed by atoms with Crippen LogP contribution in [-0.2, 0) is 9.59 Å². The van der Waals surface area contributed by atoms with Gasteiger partial charge in [0, 0.05) is 18.7 Å². The summed E-state index contributed by atoms with van der Waals surface area (Å²) >= 11 is 0. The van der Waals surface area contributed by atoms with Crippen LogP contribution in [0.4, 0.5) is 0 Å². The van der Waals surface area contributed by atoms with E-state index in [1.165, 1.54) is 26.2 Å². The monoisotopic (exact) mass is 496 g/mol. The fourth-order valence-corrected chi connectivity index (χ4v) is 4.64. The summed E-state index contributed by atoms with van der Waals surface area (Å²) in [6.45, 7) is 10.4. The maximum atomic E-state index is 13.4. The zero-order valence-corrected chi connectivity index (χ0v) is 22.2. The van der Waals surface area contributed by atoms with Gasteiger partial charge in [0.25, 0.3) is 11.7 Å². The van der Waals surface area contributed by atoms with Crippen molar-refractivity contribution >= 4 is 17.4 Å². The largest absolute Gasteiger partial charge is 0.507 e. The fraction of sp³-hybridized carbons (Fsp3) is 0.429. The number of ether oxygens (including phenoxy) is 3. The first kappa shape index (κ1) is 27.1. The number of aliphatic hydroxyl groups is 1. The van der Waals surface area contributed by atoms with Crippen LogP contribution in [0.25, 0.3) is 5.76 Å². The molecule has 1 aliphatic rings. The summed E-state index contributed by atoms with van der Waals surface area (Å²) in [4.78, 5) is 30.5. The van der Waals surface area contributed by atoms with Crippen molar-refractivity contribution in [2.45, 2.75) is 33.7 Å². The van der Waals surface area contributed by atoms with Crippen LogP contribution in [0.3, 0.4) is 0 Å². The fourth-order valence-electron chi connectivity index (χ4n) is 4.64. The molecule has 0 radical (unpaired) electrons. The molecule has 1 unspecified atom stereocenters. The summed E-state index contributed by atoms with van der Waals surface area (Å²) < 4.78 is 16.5. The molecule has 194 valence electrons. The van der Waals surface area contributed by atoms with E-state index in [1.54, 1.807) is 12.1 Å². The van der Waals surface area contributed by atoms with E-state index in [2.05, 4.69) is 18.7 Å². The molecule has 0 saturated carbocycles. The first-order valence-electron chi connectivity index (χ1n) is 12.1. The Morgan fingerprint density at radius 2 is 1.58 bits per heavy atom. The lowest BCUT2D eigenvalue weighted by Crippen LogP contribution is -2.38. The Hall–Kier alpha value is -3.52. The van der Waals surface area contributed by atoms with Crippen molar-refractivity contribution in [2.24, 2.45) is 0 Å². The zero-order valence-electron chi connectivity index (χ0n) is 22.2. The smallest absolute Gasteiger partial charge is 0.295 e. The molecule has 0 bridgehead atoms. The standard InChI is InChI=1S/C28H36N2O6/c1-8-29(9-2)12-13-30-24(19-15-21(34-5)27(36-7)22(16-19)35-6)23(26(32)28(30)33)25(31)20-14-17(3)10-11-18(20)4/h10-11,14-16,24,31H,8-9,12-13H2,1-7H3. The Bertz CT molecular complexity index is 1140. The molecule has 1 saturated heterocycles. The quantitative estimate of drug-likeness (QED) is 0.301. The molecule has 8 nitrogen and oxygen atoms in total. The van der Waals surface area contributed by atoms with Crippen LogP contribution < -0.4 is 14.2 Å². The number of nitrogens with zero attached hydrogens (tertiary/aromatic N) is 2. The normalized spacial score (nSPS) is 17.1. The molecular weight excluding hydrogens is 460 g/mol. The lowest BCUT2D eigenvalue weighted by atomic mass is 9.93. The summed E-state index contributed by atoms with van der Waals surface area (Å²) in [5, 5.41) is 11.5. The number of rotatable bonds is 10. The molecule has 3 rings (SSSR count). The second kappa shape index (κ2) is 11.5. The van der Waals surface area contributed by atoms with E-state index in [-0.39, 0.29) is 11.3 Å². The third kappa shape index (κ3) is 5.04. The molecule has 2 aromatic carbocycles. The van der Waals surface area contributed by atoms with Gasteiger partial charge < -0.3 is 29.1 Å². The zero-order chi connectivity index (χ0) is 26.6. The van der Waals surface area contributed by atoms with Gasteiger partial charge in [0.1, 0.15) is 5.76 Å². The average molecular weight is 497 g/mol. The number of carbonyl (C=O) groups excluding carboxylic acids is 2. The first-order chi connectivity index (χ1) is 17.2. The molecule has 2 aromatic rings. The molecule has 0 spiro atoms. The Morgan fingerprint density at radius 1 is 0.972 bits per heavy atom. The highest BCUT2D eigenvalue weighted by atomic mass is 16.5. The van der Waals surface area contributed by atoms with Crippen molar-refractivity contribution in [2.75, 3.05) is 47.5 Å². The number of amides is 1. The Morgan fingerprint density at radius 3 is 2.11 bits per heavy atom. The highest BCUT2D eigenvalue weighted by molar-refractivity contribution is 6.46. The molecule has 8 heteroatoms. The topological polar surface area (TPSA) is 88.5 Å². The van der Waals surface area contributed by atoms with Gasteiger partial charge in [-0.3, -0.25) is 9.59 Å². The van der Waals surface area contributed by atoms with Gasteiger partial charge in [-0.25, -0.2) is 0 Å². The van der Waals surface area contributed by atoms with Crippen LogP contribution in [0.2, 0.25) is 0 Å². The van der Waals surface area contributed by atoms with Gasteiger partial charge >= 0.3 is 0 Å². The highest BCUT2D eigenvalue weighted by Gasteiger charge is 2.46. The third-order valence-electron chi connectivity index (χ3n) is 6.74. The van der Waals surface area contributed by atoms with Crippen molar-refractivity contribution in [3.05, 3.63) is 58.2 Å². The Balaban J connectivity index is 2.26. The van der Waals surface area contributed by atoms with Gasteiger partial charge in [-0.15, -0.1) is 0 Å². The maximum absolute atomic E-state index is 13.4. The molecule has 1 atom stereocenters. The summed E-state index contributed by atoms with van der Waals surface area (Å²) in [5.74, 6) is -0.364. The number of methoxy groups -OCH3 is 3. The number of aryl methyl sites for hydroxylation is 2. The number of Topliss-reactive ketones (excluding diaryl/α,β-unsaturated/α-hetero) is 1. The molecule has 0 aromatic heterocycles. The third-order valence-corrected chi connectivity index (χ3v) is 6.74. The van der Waals surface area contributed by atoms with E-state index in [4.69, 9.17) is 14.2 Å². The van der Waals surface area contributed by atoms with Gasteiger partial charge in [-0.1, -0.05) is 31.5 Å². The summed E-state index contributed by atoms with van der Waals surface area (Å²) in [5.41, 5.74) is 2.88. The van der Waals surface area contributed by atoms with E-state index in [0.717, 1.165) is 24.2 Å². The number of likely N-dealkylation sites (N-methyl/N-ethyl adjacent to an activating group) is 1. The Labute approximate surface area is 213 Å². The van der Waals surface area contributed by atoms with Crippen LogP contribution in [0.15, 0.2) is 35.9 Å². The number of aliphatic hydroxyl groups excluding tert-OH is 1. The minimum absolute atomic E-state index is 0.0440. The van der Waals surface area contributed by atoms with E-state index >= 15 is 0 Å². The van der Waals surface area contributed by atoms with Crippen molar-refractivity contribution < 1.29 is 28.9 Å². The van der Waals surface area contributed by atoms with Crippen LogP contribution in [0, 0.1) is 13.8 Å². The second-order valence-corrected chi connectivity index (χ2v) is 8.80. The molecule has 1 heterocycles. The minimum Gasteiger partial charge on any atom is -0.507 e. The molecule has 0 aliphatic carbocycles. The van der Waals surface area contributed by atoms with E-state index in [0.29, 0.717) is 41.5 Å². The lowest BCUT2D eigenvalue weighted by Gasteiger charge is -2.29. The van der Waals surface area contributed by atoms with Crippen LogP contribution >= 0.6 is 0 Å². The number of hydrogen-bond donors (Lipinski definition) is 1. The molecule has 1 fully saturated rings. The minimum atomic E-state index is -0.825. The number of carbonyl (C=O) groups is 2. The SMILES string of the molecule is CCN(CC)CCN1C(=O)C(=O)C(=C(O)c2cc(C)ccc2C)C1c1cc(OC)c(OC)c(OC)c1. The van der Waals surface area contributed by atoms with Crippen LogP contribution in [0.5, 0.6) is 17.2 Å². The number of likely N-dealkylation sites (tertiary alicyclic amines) is 1. The van der Waals surface area contributed by atoms with Gasteiger partial charge in [-0.05, 0) is 56.3 Å². The lowest BCUT2D eigenvalue weighted by molar-refractivity contribution is -0.140. The second-order valence-electron chi connectivity index (χ2n) is 8.80. The summed E-state index contributed by atoms with van der Waals surface area (Å²) in [6, 6.07) is 8.26. The van der Waals surface area contributed by atoms with Gasteiger partial charge in [0.15, 0.2) is 11.5 Å². The number of benzene rings is 2. The van der Waals surface area contributed by atoms with Gasteiger partial charge in [0.2, 0.25) is 5.75 Å². The highest BCUT2D eigenvalue weighted by Crippen LogP contribution is 2.45. The van der Waals surface area contributed by atoms with Crippen molar-refractivity contribution in [3.8, 4) is 17.2 Å². The maximum Gasteiger partial charge on any atom is 0.295 e. The van der Waals surface area contributed by atoms with Crippen molar-refractivity contribution in [3.63, 3.8) is 0 Å². The van der Waals surface area contributed by atoms with E-state index in [1.807, 2.05) is 32.0 Å². The number of hydrogen-bond acceptors (Lipinski definition) is 7. The molecule has 1 amide bonds. The first-order valence-corrected chi connectivity index (χ1v) is 12.1. The molecule has 1 aliphatic heterocycles. The molecule has 36 heavy (non-hydrogen) atoms. The van der Waals surface area contributed by atoms with Gasteiger partial charge in [-0.2, -0.15) is 0 Å². The predicted molar refractivity (Wildman–Crippen MR) is 139 cm³/mol. The van der Waals surface area contributed by atoms with Crippen LogP contribution in [0.1, 0.15) is 42.1 Å². The van der Waals surface area contributed by atoms with E-state index < -0.39 is 17.7 Å². The number of ketones is 1. The van der Waals surface area contributed by atoms with E-state index in [9.17, 15) is 14.7 Å². The molecule has 1 N–H and O–H groups in total. The molecular formula is C28H36N2O6. The summed E-state index contributed by atoms with van der Waals surface area (Å²) in [7, 11) is 4.53. The van der Waals surface area contributed by atoms with Gasteiger partial charge in [0.05, 0.1) is 32.9 Å². The Kier molecular flexibility index (Phi) is 8.63. The van der Waals surface area contributed by atoms with Crippen molar-refractivity contribution in [1.82, 2.24) is 9.80 Å².